The molecule has 3 nitrogen and oxygen atoms in total. The number of fused-ring (bicyclic) bond motifs is 1. The Balaban J connectivity index is 2.82. The average Bonchev–Trinajstić information content (AvgIpc) is 2.65. The van der Waals surface area contributed by atoms with E-state index in [4.69, 9.17) is 14.9 Å². The van der Waals surface area contributed by atoms with Gasteiger partial charge in [-0.05, 0) is 30.5 Å². The van der Waals surface area contributed by atoms with E-state index in [9.17, 15) is 0 Å². The summed E-state index contributed by atoms with van der Waals surface area (Å²) in [5.41, 5.74) is 8.92. The third kappa shape index (κ3) is 1.91. The lowest BCUT2D eigenvalue weighted by Gasteiger charge is -2.06. The molecule has 3 heteroatoms. The molecule has 0 aliphatic rings. The fourth-order valence-electron chi connectivity index (χ4n) is 2.31. The zero-order valence-corrected chi connectivity index (χ0v) is 10.8. The summed E-state index contributed by atoms with van der Waals surface area (Å²) in [5, 5.41) is 1.12. The molecule has 92 valence electrons. The van der Waals surface area contributed by atoms with Crippen molar-refractivity contribution in [2.24, 2.45) is 5.73 Å². The smallest absolute Gasteiger partial charge is 0.176 e. The first kappa shape index (κ1) is 12.0. The van der Waals surface area contributed by atoms with Crippen LogP contribution in [0.2, 0.25) is 0 Å². The van der Waals surface area contributed by atoms with Crippen molar-refractivity contribution in [2.45, 2.75) is 33.2 Å². The molecule has 0 amide bonds. The van der Waals surface area contributed by atoms with Crippen molar-refractivity contribution in [3.8, 4) is 5.75 Å². The van der Waals surface area contributed by atoms with E-state index in [1.807, 2.05) is 6.07 Å². The number of nitrogens with two attached hydrogens (primary N) is 1. The van der Waals surface area contributed by atoms with E-state index >= 15 is 0 Å². The van der Waals surface area contributed by atoms with Crippen molar-refractivity contribution in [1.29, 1.82) is 0 Å². The van der Waals surface area contributed by atoms with E-state index in [1.165, 1.54) is 11.1 Å². The molecule has 2 aromatic rings. The van der Waals surface area contributed by atoms with Crippen molar-refractivity contribution >= 4 is 11.0 Å². The summed E-state index contributed by atoms with van der Waals surface area (Å²) < 4.78 is 11.2. The largest absolute Gasteiger partial charge is 0.493 e. The van der Waals surface area contributed by atoms with Crippen molar-refractivity contribution in [2.75, 3.05) is 7.11 Å². The van der Waals surface area contributed by atoms with Gasteiger partial charge in [0, 0.05) is 10.9 Å². The molecule has 1 aromatic heterocycles. The van der Waals surface area contributed by atoms with Gasteiger partial charge in [0.1, 0.15) is 5.76 Å². The molecule has 0 saturated heterocycles. The lowest BCUT2D eigenvalue weighted by atomic mass is 9.98. The molecule has 0 bridgehead atoms. The molecule has 0 radical (unpaired) electrons. The Kier molecular flexibility index (Phi) is 3.11. The molecule has 0 fully saturated rings. The van der Waals surface area contributed by atoms with Crippen molar-refractivity contribution < 1.29 is 9.15 Å². The van der Waals surface area contributed by atoms with E-state index in [0.29, 0.717) is 12.5 Å². The molecule has 1 heterocycles. The van der Waals surface area contributed by atoms with Crippen LogP contribution in [0, 0.1) is 6.92 Å². The molecule has 2 rings (SSSR count). The highest BCUT2D eigenvalue weighted by Crippen LogP contribution is 2.37. The van der Waals surface area contributed by atoms with Crippen LogP contribution in [0.25, 0.3) is 11.0 Å². The number of benzene rings is 1. The van der Waals surface area contributed by atoms with Crippen LogP contribution >= 0.6 is 0 Å². The highest BCUT2D eigenvalue weighted by atomic mass is 16.5. The Bertz CT molecular complexity index is 541. The molecule has 0 saturated carbocycles. The van der Waals surface area contributed by atoms with Crippen molar-refractivity contribution in [1.82, 2.24) is 0 Å². The van der Waals surface area contributed by atoms with E-state index in [2.05, 4.69) is 26.8 Å². The van der Waals surface area contributed by atoms with Crippen LogP contribution in [0.5, 0.6) is 5.75 Å². The van der Waals surface area contributed by atoms with Gasteiger partial charge in [0.15, 0.2) is 11.3 Å². The van der Waals surface area contributed by atoms with E-state index in [-0.39, 0.29) is 0 Å². The molecule has 0 spiro atoms. The molecule has 0 aliphatic heterocycles. The van der Waals surface area contributed by atoms with Crippen LogP contribution in [0.15, 0.2) is 16.5 Å². The molecule has 0 unspecified atom stereocenters. The first-order valence-electron chi connectivity index (χ1n) is 5.88. The number of hydrogen-bond acceptors (Lipinski definition) is 3. The number of rotatable bonds is 3. The van der Waals surface area contributed by atoms with Gasteiger partial charge >= 0.3 is 0 Å². The molecule has 1 aromatic carbocycles. The van der Waals surface area contributed by atoms with Crippen LogP contribution in [0.3, 0.4) is 0 Å². The van der Waals surface area contributed by atoms with Crippen LogP contribution in [-0.2, 0) is 6.54 Å². The fraction of sp³-hybridized carbons (Fsp3) is 0.429. The summed E-state index contributed by atoms with van der Waals surface area (Å²) in [5.74, 6) is 2.03. The second kappa shape index (κ2) is 4.41. The van der Waals surface area contributed by atoms with Gasteiger partial charge in [-0.15, -0.1) is 0 Å². The number of ether oxygens (including phenoxy) is 1. The summed E-state index contributed by atoms with van der Waals surface area (Å²) in [6.45, 7) is 6.78. The van der Waals surface area contributed by atoms with Gasteiger partial charge in [-0.3, -0.25) is 0 Å². The quantitative estimate of drug-likeness (QED) is 0.884. The summed E-state index contributed by atoms with van der Waals surface area (Å²) in [6, 6.07) is 4.12. The van der Waals surface area contributed by atoms with Crippen LogP contribution in [-0.4, -0.2) is 7.11 Å². The zero-order chi connectivity index (χ0) is 12.6. The maximum absolute atomic E-state index is 5.84. The highest BCUT2D eigenvalue weighted by Gasteiger charge is 2.18. The number of aryl methyl sites for hydroxylation is 1. The summed E-state index contributed by atoms with van der Waals surface area (Å²) in [4.78, 5) is 0. The molecular weight excluding hydrogens is 214 g/mol. The van der Waals surface area contributed by atoms with Gasteiger partial charge in [0.2, 0.25) is 0 Å². The molecular formula is C14H19NO2. The van der Waals surface area contributed by atoms with E-state index < -0.39 is 0 Å². The van der Waals surface area contributed by atoms with Gasteiger partial charge in [0.05, 0.1) is 13.7 Å². The van der Waals surface area contributed by atoms with Gasteiger partial charge in [0.25, 0.3) is 0 Å². The van der Waals surface area contributed by atoms with Crippen LogP contribution < -0.4 is 10.5 Å². The Morgan fingerprint density at radius 2 is 2.06 bits per heavy atom. The lowest BCUT2D eigenvalue weighted by Crippen LogP contribution is -1.99. The van der Waals surface area contributed by atoms with Crippen molar-refractivity contribution in [3.63, 3.8) is 0 Å². The SMILES string of the molecule is COc1cc(C)cc2c(C(C)C)c(CN)oc12. The van der Waals surface area contributed by atoms with Gasteiger partial charge in [-0.25, -0.2) is 0 Å². The van der Waals surface area contributed by atoms with Gasteiger partial charge < -0.3 is 14.9 Å². The Hall–Kier alpha value is -1.48. The molecule has 2 N–H and O–H groups in total. The molecule has 17 heavy (non-hydrogen) atoms. The Morgan fingerprint density at radius 3 is 2.59 bits per heavy atom. The maximum atomic E-state index is 5.84. The zero-order valence-electron chi connectivity index (χ0n) is 10.8. The predicted octanol–water partition coefficient (Wildman–Crippen LogP) is 3.33. The van der Waals surface area contributed by atoms with Crippen LogP contribution in [0.1, 0.15) is 36.7 Å². The van der Waals surface area contributed by atoms with Gasteiger partial charge in [-0.1, -0.05) is 13.8 Å². The summed E-state index contributed by atoms with van der Waals surface area (Å²) in [6.07, 6.45) is 0. The Labute approximate surface area is 102 Å². The minimum Gasteiger partial charge on any atom is -0.493 e. The predicted molar refractivity (Wildman–Crippen MR) is 69.5 cm³/mol. The number of methoxy groups -OCH3 is 1. The van der Waals surface area contributed by atoms with Crippen molar-refractivity contribution in [3.05, 3.63) is 29.0 Å². The third-order valence-electron chi connectivity index (χ3n) is 3.00. The lowest BCUT2D eigenvalue weighted by molar-refractivity contribution is 0.407. The minimum absolute atomic E-state index is 0.390. The van der Waals surface area contributed by atoms with E-state index in [0.717, 1.165) is 22.5 Å². The summed E-state index contributed by atoms with van der Waals surface area (Å²) in [7, 11) is 1.66. The fourth-order valence-corrected chi connectivity index (χ4v) is 2.31. The standard InChI is InChI=1S/C14H19NO2/c1-8(2)13-10-5-9(3)6-11(16-4)14(10)17-12(13)7-15/h5-6,8H,7,15H2,1-4H3. The average molecular weight is 233 g/mol. The molecule has 0 atom stereocenters. The topological polar surface area (TPSA) is 48.4 Å². The Morgan fingerprint density at radius 1 is 1.35 bits per heavy atom. The first-order chi connectivity index (χ1) is 8.08. The monoisotopic (exact) mass is 233 g/mol. The van der Waals surface area contributed by atoms with E-state index in [1.54, 1.807) is 7.11 Å². The minimum atomic E-state index is 0.390. The summed E-state index contributed by atoms with van der Waals surface area (Å²) >= 11 is 0. The van der Waals surface area contributed by atoms with Crippen LogP contribution in [0.4, 0.5) is 0 Å². The number of furan rings is 1. The third-order valence-corrected chi connectivity index (χ3v) is 3.00. The normalized spacial score (nSPS) is 11.4. The molecule has 0 aliphatic carbocycles. The van der Waals surface area contributed by atoms with Gasteiger partial charge in [-0.2, -0.15) is 0 Å². The first-order valence-corrected chi connectivity index (χ1v) is 5.88. The maximum Gasteiger partial charge on any atom is 0.176 e. The number of hydrogen-bond donors (Lipinski definition) is 1. The second-order valence-electron chi connectivity index (χ2n) is 4.64. The highest BCUT2D eigenvalue weighted by molar-refractivity contribution is 5.88. The second-order valence-corrected chi connectivity index (χ2v) is 4.64.